The van der Waals surface area contributed by atoms with Crippen LogP contribution in [0.25, 0.3) is 49.2 Å². The number of aliphatic hydroxyl groups is 2. The Balaban J connectivity index is 1.39. The van der Waals surface area contributed by atoms with Crippen molar-refractivity contribution in [3.05, 3.63) is 138 Å². The Labute approximate surface area is 337 Å². The second-order valence-electron chi connectivity index (χ2n) is 15.8. The summed E-state index contributed by atoms with van der Waals surface area (Å²) < 4.78 is 6.06. The predicted molar refractivity (Wildman–Crippen MR) is 235 cm³/mol. The SMILES string of the molecule is COc1c(O)c2c(=O)cc(CO)c3c4c(CO)cc(=O)c5c(O)c(CCCCCc6ccccc6)c6c(c(c1C(C(C)=NCCCCc1ccccc1)C(C)=C6)c23)c54. The molecule has 7 aromatic rings. The summed E-state index contributed by atoms with van der Waals surface area (Å²) in [4.78, 5) is 33.4. The lowest BCUT2D eigenvalue weighted by molar-refractivity contribution is 0.282. The van der Waals surface area contributed by atoms with Crippen LogP contribution in [0.3, 0.4) is 0 Å². The molecule has 1 atom stereocenters. The number of allylic oxidation sites excluding steroid dienone is 1. The molecule has 296 valence electrons. The van der Waals surface area contributed by atoms with E-state index in [4.69, 9.17) is 9.73 Å². The van der Waals surface area contributed by atoms with E-state index in [1.54, 1.807) is 0 Å². The Morgan fingerprint density at radius 1 is 0.655 bits per heavy atom. The van der Waals surface area contributed by atoms with Crippen LogP contribution < -0.4 is 15.6 Å². The van der Waals surface area contributed by atoms with Crippen LogP contribution in [0, 0.1) is 0 Å². The summed E-state index contributed by atoms with van der Waals surface area (Å²) in [6.45, 7) is 3.56. The minimum Gasteiger partial charge on any atom is -0.507 e. The van der Waals surface area contributed by atoms with Gasteiger partial charge in [-0.1, -0.05) is 78.7 Å². The minimum atomic E-state index is -0.507. The Morgan fingerprint density at radius 2 is 1.19 bits per heavy atom. The second-order valence-corrected chi connectivity index (χ2v) is 15.8. The van der Waals surface area contributed by atoms with Crippen molar-refractivity contribution in [1.82, 2.24) is 0 Å². The van der Waals surface area contributed by atoms with Crippen LogP contribution in [0.1, 0.15) is 90.8 Å². The van der Waals surface area contributed by atoms with E-state index in [-0.39, 0.29) is 28.0 Å². The molecule has 7 aromatic carbocycles. The Morgan fingerprint density at radius 3 is 1.76 bits per heavy atom. The number of ether oxygens (including phenoxy) is 1. The highest BCUT2D eigenvalue weighted by Crippen LogP contribution is 2.56. The van der Waals surface area contributed by atoms with Crippen LogP contribution in [0.5, 0.6) is 17.2 Å². The fourth-order valence-corrected chi connectivity index (χ4v) is 9.64. The van der Waals surface area contributed by atoms with Crippen molar-refractivity contribution < 1.29 is 25.2 Å². The highest BCUT2D eigenvalue weighted by molar-refractivity contribution is 6.38. The van der Waals surface area contributed by atoms with Crippen LogP contribution in [0.2, 0.25) is 0 Å². The molecular formula is C50H49NO7. The molecule has 1 aliphatic carbocycles. The van der Waals surface area contributed by atoms with Gasteiger partial charge in [-0.25, -0.2) is 0 Å². The summed E-state index contributed by atoms with van der Waals surface area (Å²) in [7, 11) is 1.47. The highest BCUT2D eigenvalue weighted by Gasteiger charge is 2.36. The van der Waals surface area contributed by atoms with Crippen molar-refractivity contribution in [2.24, 2.45) is 4.99 Å². The molecule has 0 fully saturated rings. The molecule has 8 heteroatoms. The van der Waals surface area contributed by atoms with Gasteiger partial charge in [0, 0.05) is 40.1 Å². The van der Waals surface area contributed by atoms with Gasteiger partial charge in [0.2, 0.25) is 0 Å². The van der Waals surface area contributed by atoms with Gasteiger partial charge in [-0.2, -0.15) is 0 Å². The largest absolute Gasteiger partial charge is 0.507 e. The summed E-state index contributed by atoms with van der Waals surface area (Å²) in [5, 5.41) is 49.2. The van der Waals surface area contributed by atoms with Gasteiger partial charge < -0.3 is 25.2 Å². The zero-order chi connectivity index (χ0) is 40.7. The van der Waals surface area contributed by atoms with Crippen LogP contribution >= 0.6 is 0 Å². The van der Waals surface area contributed by atoms with Crippen molar-refractivity contribution in [3.63, 3.8) is 0 Å². The lowest BCUT2D eigenvalue weighted by Gasteiger charge is -2.26. The maximum atomic E-state index is 14.2. The van der Waals surface area contributed by atoms with Crippen molar-refractivity contribution >= 4 is 54.9 Å². The quantitative estimate of drug-likeness (QED) is 0.0353. The molecule has 0 radical (unpaired) electrons. The van der Waals surface area contributed by atoms with E-state index in [1.807, 2.05) is 50.2 Å². The third-order valence-corrected chi connectivity index (χ3v) is 12.2. The molecule has 0 saturated carbocycles. The number of fused-ring (bicyclic) bond motifs is 1. The number of nitrogens with zero attached hydrogens (tertiary/aromatic N) is 1. The van der Waals surface area contributed by atoms with Gasteiger partial charge >= 0.3 is 0 Å². The number of unbranched alkanes of at least 4 members (excludes halogenated alkanes) is 3. The van der Waals surface area contributed by atoms with Gasteiger partial charge in [0.05, 0.1) is 31.1 Å². The number of hydrogen-bond acceptors (Lipinski definition) is 8. The van der Waals surface area contributed by atoms with E-state index in [0.29, 0.717) is 67.5 Å². The summed E-state index contributed by atoms with van der Waals surface area (Å²) in [5.74, 6) is -0.782. The van der Waals surface area contributed by atoms with E-state index in [1.165, 1.54) is 30.4 Å². The van der Waals surface area contributed by atoms with Crippen molar-refractivity contribution in [3.8, 4) is 17.2 Å². The Hall–Kier alpha value is -5.83. The van der Waals surface area contributed by atoms with Crippen LogP contribution in [-0.2, 0) is 32.5 Å². The summed E-state index contributed by atoms with van der Waals surface area (Å²) in [5.41, 5.74) is 5.87. The number of rotatable bonds is 15. The molecular weight excluding hydrogens is 727 g/mol. The molecule has 0 heterocycles. The predicted octanol–water partition coefficient (Wildman–Crippen LogP) is 9.24. The number of phenolic OH excluding ortho intramolecular Hbond substituents is 2. The van der Waals surface area contributed by atoms with Crippen molar-refractivity contribution in [2.45, 2.75) is 84.3 Å². The second kappa shape index (κ2) is 16.2. The number of aliphatic hydroxyl groups excluding tert-OH is 2. The molecule has 0 aliphatic heterocycles. The average Bonchev–Trinajstić information content (AvgIpc) is 3.36. The smallest absolute Gasteiger partial charge is 0.190 e. The average molecular weight is 776 g/mol. The first-order valence-corrected chi connectivity index (χ1v) is 20.3. The first kappa shape index (κ1) is 39.0. The molecule has 4 N–H and O–H groups in total. The fraction of sp³-hybridized carbons (Fsp3) is 0.300. The number of phenols is 2. The first-order chi connectivity index (χ1) is 28.2. The molecule has 0 spiro atoms. The third-order valence-electron chi connectivity index (χ3n) is 12.2. The summed E-state index contributed by atoms with van der Waals surface area (Å²) >= 11 is 0. The molecule has 8 nitrogen and oxygen atoms in total. The van der Waals surface area contributed by atoms with E-state index in [2.05, 4.69) is 30.3 Å². The van der Waals surface area contributed by atoms with Crippen LogP contribution in [0.4, 0.5) is 0 Å². The Bertz CT molecular complexity index is 2850. The van der Waals surface area contributed by atoms with E-state index in [0.717, 1.165) is 61.8 Å². The number of aromatic hydroxyl groups is 2. The summed E-state index contributed by atoms with van der Waals surface area (Å²) in [6, 6.07) is 23.4. The van der Waals surface area contributed by atoms with E-state index < -0.39 is 30.0 Å². The number of hydrogen-bond donors (Lipinski definition) is 4. The van der Waals surface area contributed by atoms with E-state index >= 15 is 0 Å². The molecule has 8 rings (SSSR count). The van der Waals surface area contributed by atoms with Crippen LogP contribution in [0.15, 0.2) is 93.0 Å². The standard InChI is InChI=1S/C50H49NO7/c1-28-23-35-34(21-12-6-11-19-30-15-7-4-8-16-30)48(56)42-36(54)24-32(26-52)39-40-33(27-53)25-37(55)43-45(40)46(41(35)44(39)42)47(50(58-3)49(43)57)38(28)29(2)51-22-14-13-20-31-17-9-5-10-18-31/h4-5,7-10,15-18,23-25,38,52-53,56-57H,6,11-14,19-22,26-27H2,1-3H3. The minimum absolute atomic E-state index is 0.0342. The number of aryl methyl sites for hydroxylation is 2. The van der Waals surface area contributed by atoms with Crippen molar-refractivity contribution in [1.29, 1.82) is 0 Å². The van der Waals surface area contributed by atoms with Gasteiger partial charge in [0.1, 0.15) is 5.75 Å². The Kier molecular flexibility index (Phi) is 10.9. The number of benzene rings is 7. The monoisotopic (exact) mass is 775 g/mol. The van der Waals surface area contributed by atoms with E-state index in [9.17, 15) is 30.0 Å². The van der Waals surface area contributed by atoms with Gasteiger partial charge in [0.15, 0.2) is 22.4 Å². The fourth-order valence-electron chi connectivity index (χ4n) is 9.64. The molecule has 0 aromatic heterocycles. The number of methoxy groups -OCH3 is 1. The van der Waals surface area contributed by atoms with Gasteiger partial charge in [-0.05, 0) is 120 Å². The number of aliphatic imine (C=N–C) groups is 1. The highest BCUT2D eigenvalue weighted by atomic mass is 16.5. The van der Waals surface area contributed by atoms with Gasteiger partial charge in [0.25, 0.3) is 0 Å². The maximum absolute atomic E-state index is 14.2. The third kappa shape index (κ3) is 6.54. The van der Waals surface area contributed by atoms with Gasteiger partial charge in [-0.3, -0.25) is 14.6 Å². The summed E-state index contributed by atoms with van der Waals surface area (Å²) in [6.07, 6.45) is 8.87. The molecule has 58 heavy (non-hydrogen) atoms. The van der Waals surface area contributed by atoms with Crippen LogP contribution in [-0.4, -0.2) is 39.8 Å². The molecule has 1 aliphatic rings. The lowest BCUT2D eigenvalue weighted by Crippen LogP contribution is -2.15. The maximum Gasteiger partial charge on any atom is 0.190 e. The normalized spacial score (nSPS) is 14.3. The van der Waals surface area contributed by atoms with Gasteiger partial charge in [-0.15, -0.1) is 0 Å². The zero-order valence-electron chi connectivity index (χ0n) is 33.3. The molecule has 1 unspecified atom stereocenters. The first-order valence-electron chi connectivity index (χ1n) is 20.3. The molecule has 0 saturated heterocycles. The topological polar surface area (TPSA) is 137 Å². The van der Waals surface area contributed by atoms with Crippen molar-refractivity contribution in [2.75, 3.05) is 13.7 Å². The lowest BCUT2D eigenvalue weighted by atomic mass is 9.78. The molecule has 0 amide bonds. The molecule has 0 bridgehead atoms. The zero-order valence-corrected chi connectivity index (χ0v) is 33.3.